The molecular formula is C17H39NO4S. The van der Waals surface area contributed by atoms with Crippen LogP contribution in [0.3, 0.4) is 0 Å². The standard InChI is InChI=1S/C15H33N.C2H6O4S/c1-3-4-5-6-7-8-9-10-11-12-15(2)13-14-16;1-2-6-7(3,4)5/h15H,3-14,16H2,1-2H3;2H2,1H3,(H,3,4,5). The van der Waals surface area contributed by atoms with E-state index in [1.165, 1.54) is 77.6 Å². The van der Waals surface area contributed by atoms with Crippen LogP contribution < -0.4 is 5.73 Å². The van der Waals surface area contributed by atoms with Crippen molar-refractivity contribution in [2.75, 3.05) is 13.2 Å². The van der Waals surface area contributed by atoms with E-state index in [2.05, 4.69) is 18.0 Å². The smallest absolute Gasteiger partial charge is 0.330 e. The predicted octanol–water partition coefficient (Wildman–Crippen LogP) is 4.72. The van der Waals surface area contributed by atoms with Crippen LogP contribution in [-0.4, -0.2) is 26.1 Å². The molecule has 0 aliphatic carbocycles. The van der Waals surface area contributed by atoms with Gasteiger partial charge in [-0.15, -0.1) is 0 Å². The van der Waals surface area contributed by atoms with Gasteiger partial charge >= 0.3 is 10.4 Å². The molecule has 6 heteroatoms. The van der Waals surface area contributed by atoms with Gasteiger partial charge in [0.25, 0.3) is 0 Å². The molecule has 0 aromatic rings. The molecule has 0 rings (SSSR count). The van der Waals surface area contributed by atoms with Crippen LogP contribution in [0.4, 0.5) is 0 Å². The number of hydrogen-bond donors (Lipinski definition) is 2. The van der Waals surface area contributed by atoms with E-state index in [4.69, 9.17) is 10.3 Å². The maximum atomic E-state index is 9.56. The molecule has 142 valence electrons. The lowest BCUT2D eigenvalue weighted by molar-refractivity contribution is 0.283. The van der Waals surface area contributed by atoms with E-state index in [-0.39, 0.29) is 6.61 Å². The van der Waals surface area contributed by atoms with Crippen LogP contribution >= 0.6 is 0 Å². The minimum atomic E-state index is -4.17. The van der Waals surface area contributed by atoms with E-state index in [0.717, 1.165) is 12.5 Å². The van der Waals surface area contributed by atoms with Crippen molar-refractivity contribution in [2.45, 2.75) is 91.4 Å². The normalized spacial score (nSPS) is 12.6. The molecule has 0 heterocycles. The Morgan fingerprint density at radius 1 is 0.913 bits per heavy atom. The number of rotatable bonds is 14. The van der Waals surface area contributed by atoms with Gasteiger partial charge in [0, 0.05) is 0 Å². The van der Waals surface area contributed by atoms with Gasteiger partial charge in [-0.3, -0.25) is 4.55 Å². The Morgan fingerprint density at radius 3 is 1.74 bits per heavy atom. The minimum Gasteiger partial charge on any atom is -0.330 e. The Hall–Kier alpha value is -0.170. The maximum Gasteiger partial charge on any atom is 0.397 e. The summed E-state index contributed by atoms with van der Waals surface area (Å²) in [4.78, 5) is 0. The molecule has 0 aromatic heterocycles. The first kappa shape index (κ1) is 25.1. The van der Waals surface area contributed by atoms with Crippen LogP contribution in [0.1, 0.15) is 91.4 Å². The first-order chi connectivity index (χ1) is 10.9. The van der Waals surface area contributed by atoms with Crippen molar-refractivity contribution in [3.63, 3.8) is 0 Å². The highest BCUT2D eigenvalue weighted by molar-refractivity contribution is 7.80. The summed E-state index contributed by atoms with van der Waals surface area (Å²) in [6.07, 6.45) is 15.5. The lowest BCUT2D eigenvalue weighted by Gasteiger charge is -2.09. The van der Waals surface area contributed by atoms with Crippen molar-refractivity contribution >= 4 is 10.4 Å². The summed E-state index contributed by atoms with van der Waals surface area (Å²) in [5.41, 5.74) is 5.54. The SMILES string of the molecule is CCCCCCCCCCCC(C)CCN.CCOS(=O)(=O)O. The lowest BCUT2D eigenvalue weighted by atomic mass is 9.99. The van der Waals surface area contributed by atoms with Gasteiger partial charge in [0.05, 0.1) is 6.61 Å². The summed E-state index contributed by atoms with van der Waals surface area (Å²) < 4.78 is 30.7. The van der Waals surface area contributed by atoms with Gasteiger partial charge in [0.2, 0.25) is 0 Å². The van der Waals surface area contributed by atoms with Crippen molar-refractivity contribution in [3.8, 4) is 0 Å². The molecule has 0 bridgehead atoms. The molecule has 0 radical (unpaired) electrons. The number of hydrogen-bond acceptors (Lipinski definition) is 4. The average Bonchev–Trinajstić information content (AvgIpc) is 2.45. The lowest BCUT2D eigenvalue weighted by Crippen LogP contribution is -2.05. The van der Waals surface area contributed by atoms with Gasteiger partial charge in [-0.2, -0.15) is 8.42 Å². The zero-order valence-electron chi connectivity index (χ0n) is 15.4. The third-order valence-electron chi connectivity index (χ3n) is 3.73. The van der Waals surface area contributed by atoms with Gasteiger partial charge in [-0.05, 0) is 25.8 Å². The molecule has 5 nitrogen and oxygen atoms in total. The summed E-state index contributed by atoms with van der Waals surface area (Å²) in [6.45, 7) is 6.91. The van der Waals surface area contributed by atoms with E-state index in [9.17, 15) is 8.42 Å². The summed E-state index contributed by atoms with van der Waals surface area (Å²) >= 11 is 0. The van der Waals surface area contributed by atoms with Gasteiger partial charge in [0.15, 0.2) is 0 Å². The Balaban J connectivity index is 0. The highest BCUT2D eigenvalue weighted by atomic mass is 32.3. The molecule has 23 heavy (non-hydrogen) atoms. The van der Waals surface area contributed by atoms with E-state index >= 15 is 0 Å². The second kappa shape index (κ2) is 18.2. The number of nitrogens with two attached hydrogens (primary N) is 1. The largest absolute Gasteiger partial charge is 0.397 e. The fourth-order valence-electron chi connectivity index (χ4n) is 2.38. The predicted molar refractivity (Wildman–Crippen MR) is 97.9 cm³/mol. The number of unbranched alkanes of at least 4 members (excludes halogenated alkanes) is 8. The molecule has 0 aliphatic rings. The fourth-order valence-corrected chi connectivity index (χ4v) is 2.68. The van der Waals surface area contributed by atoms with Crippen LogP contribution in [-0.2, 0) is 14.6 Å². The molecule has 0 fully saturated rings. The van der Waals surface area contributed by atoms with Crippen molar-refractivity contribution in [1.82, 2.24) is 0 Å². The monoisotopic (exact) mass is 353 g/mol. The highest BCUT2D eigenvalue weighted by Gasteiger charge is 2.00. The molecular weight excluding hydrogens is 314 g/mol. The van der Waals surface area contributed by atoms with Crippen LogP contribution in [0.2, 0.25) is 0 Å². The van der Waals surface area contributed by atoms with E-state index < -0.39 is 10.4 Å². The average molecular weight is 354 g/mol. The first-order valence-corrected chi connectivity index (χ1v) is 10.6. The molecule has 1 atom stereocenters. The molecule has 0 aromatic carbocycles. The molecule has 3 N–H and O–H groups in total. The maximum absolute atomic E-state index is 9.56. The molecule has 0 saturated carbocycles. The zero-order valence-corrected chi connectivity index (χ0v) is 16.2. The fraction of sp³-hybridized carbons (Fsp3) is 1.00. The van der Waals surface area contributed by atoms with E-state index in [0.29, 0.717) is 0 Å². The highest BCUT2D eigenvalue weighted by Crippen LogP contribution is 2.14. The van der Waals surface area contributed by atoms with Crippen LogP contribution in [0, 0.1) is 5.92 Å². The van der Waals surface area contributed by atoms with Crippen LogP contribution in [0.15, 0.2) is 0 Å². The first-order valence-electron chi connectivity index (χ1n) is 9.19. The molecule has 0 aliphatic heterocycles. The van der Waals surface area contributed by atoms with Gasteiger partial charge in [0.1, 0.15) is 0 Å². The van der Waals surface area contributed by atoms with Gasteiger partial charge in [-0.1, -0.05) is 78.1 Å². The molecule has 0 spiro atoms. The Bertz CT molecular complexity index is 321. The van der Waals surface area contributed by atoms with Crippen LogP contribution in [0.5, 0.6) is 0 Å². The summed E-state index contributed by atoms with van der Waals surface area (Å²) in [7, 11) is -4.17. The third kappa shape index (κ3) is 27.0. The van der Waals surface area contributed by atoms with Crippen LogP contribution in [0.25, 0.3) is 0 Å². The second-order valence-corrected chi connectivity index (χ2v) is 7.23. The van der Waals surface area contributed by atoms with Gasteiger partial charge in [-0.25, -0.2) is 4.18 Å². The Kier molecular flexibility index (Phi) is 19.8. The molecule has 0 saturated heterocycles. The molecule has 1 unspecified atom stereocenters. The van der Waals surface area contributed by atoms with Crippen molar-refractivity contribution < 1.29 is 17.2 Å². The quantitative estimate of drug-likeness (QED) is 0.348. The van der Waals surface area contributed by atoms with Crippen molar-refractivity contribution in [2.24, 2.45) is 11.7 Å². The minimum absolute atomic E-state index is 0.0289. The summed E-state index contributed by atoms with van der Waals surface area (Å²) in [5, 5.41) is 0. The summed E-state index contributed by atoms with van der Waals surface area (Å²) in [6, 6.07) is 0. The summed E-state index contributed by atoms with van der Waals surface area (Å²) in [5.74, 6) is 0.842. The second-order valence-electron chi connectivity index (χ2n) is 6.13. The van der Waals surface area contributed by atoms with Gasteiger partial charge < -0.3 is 5.73 Å². The third-order valence-corrected chi connectivity index (χ3v) is 4.26. The van der Waals surface area contributed by atoms with Crippen molar-refractivity contribution in [1.29, 1.82) is 0 Å². The molecule has 0 amide bonds. The van der Waals surface area contributed by atoms with E-state index in [1.807, 2.05) is 0 Å². The van der Waals surface area contributed by atoms with Crippen molar-refractivity contribution in [3.05, 3.63) is 0 Å². The van der Waals surface area contributed by atoms with E-state index in [1.54, 1.807) is 0 Å². The topological polar surface area (TPSA) is 89.6 Å². The Morgan fingerprint density at radius 2 is 1.39 bits per heavy atom. The Labute approximate surface area is 144 Å². The zero-order chi connectivity index (χ0) is 18.0.